The molecule has 1 aliphatic heterocycles. The zero-order chi connectivity index (χ0) is 9.41. The van der Waals surface area contributed by atoms with Crippen LogP contribution in [0.5, 0.6) is 0 Å². The maximum absolute atomic E-state index is 5.15. The Bertz CT molecular complexity index is 152. The van der Waals surface area contributed by atoms with E-state index in [1.807, 2.05) is 5.06 Å². The summed E-state index contributed by atoms with van der Waals surface area (Å²) in [4.78, 5) is 0. The van der Waals surface area contributed by atoms with Crippen molar-refractivity contribution >= 4 is 12.9 Å². The highest BCUT2D eigenvalue weighted by molar-refractivity contribution is 7.75. The van der Waals surface area contributed by atoms with E-state index in [9.17, 15) is 0 Å². The predicted molar refractivity (Wildman–Crippen MR) is 53.9 cm³/mol. The van der Waals surface area contributed by atoms with Gasteiger partial charge in [0.05, 0.1) is 0 Å². The lowest BCUT2D eigenvalue weighted by atomic mass is 9.82. The summed E-state index contributed by atoms with van der Waals surface area (Å²) in [5.74, 6) is 0. The number of hydrogen-bond acceptors (Lipinski definition) is 3. The largest absolute Gasteiger partial charge is 0.231 e. The number of hydroxylamine groups is 2. The fourth-order valence-corrected chi connectivity index (χ4v) is 2.64. The van der Waals surface area contributed by atoms with Gasteiger partial charge in [-0.25, -0.2) is 4.28 Å². The van der Waals surface area contributed by atoms with Crippen LogP contribution in [0, 0.1) is 0 Å². The van der Waals surface area contributed by atoms with Gasteiger partial charge in [-0.15, -0.1) is 0 Å². The third kappa shape index (κ3) is 1.78. The second-order valence-electron chi connectivity index (χ2n) is 4.85. The molecule has 0 atom stereocenters. The van der Waals surface area contributed by atoms with Gasteiger partial charge in [-0.1, -0.05) is 0 Å². The average Bonchev–Trinajstić information content (AvgIpc) is 1.83. The highest BCUT2D eigenvalue weighted by atomic mass is 32.1. The van der Waals surface area contributed by atoms with Gasteiger partial charge in [0.2, 0.25) is 0 Å². The van der Waals surface area contributed by atoms with Crippen LogP contribution in [-0.4, -0.2) is 16.1 Å². The van der Waals surface area contributed by atoms with E-state index in [1.165, 1.54) is 19.3 Å². The van der Waals surface area contributed by atoms with Crippen molar-refractivity contribution in [1.82, 2.24) is 5.06 Å². The van der Waals surface area contributed by atoms with Crippen LogP contribution in [0.4, 0.5) is 0 Å². The third-order valence-corrected chi connectivity index (χ3v) is 2.92. The second kappa shape index (κ2) is 3.20. The van der Waals surface area contributed by atoms with E-state index < -0.39 is 0 Å². The number of nitrogens with zero attached hydrogens (tertiary/aromatic N) is 1. The first-order valence-corrected chi connectivity index (χ1v) is 4.88. The predicted octanol–water partition coefficient (Wildman–Crippen LogP) is 2.81. The molecule has 3 heteroatoms. The van der Waals surface area contributed by atoms with E-state index in [2.05, 4.69) is 40.6 Å². The molecular weight excluding hydrogens is 170 g/mol. The van der Waals surface area contributed by atoms with Gasteiger partial charge in [0, 0.05) is 11.1 Å². The smallest absolute Gasteiger partial charge is 0.0424 e. The van der Waals surface area contributed by atoms with Gasteiger partial charge in [-0.3, -0.25) is 0 Å². The molecule has 12 heavy (non-hydrogen) atoms. The third-order valence-electron chi connectivity index (χ3n) is 2.76. The Kier molecular flexibility index (Phi) is 2.76. The molecule has 1 fully saturated rings. The normalized spacial score (nSPS) is 28.8. The summed E-state index contributed by atoms with van der Waals surface area (Å²) in [6, 6.07) is 0. The van der Waals surface area contributed by atoms with Crippen LogP contribution in [0.15, 0.2) is 0 Å². The lowest BCUT2D eigenvalue weighted by molar-refractivity contribution is -0.204. The first kappa shape index (κ1) is 10.4. The summed E-state index contributed by atoms with van der Waals surface area (Å²) in [5.41, 5.74) is 0.229. The summed E-state index contributed by atoms with van der Waals surface area (Å²) in [7, 11) is 0. The molecule has 2 nitrogen and oxygen atoms in total. The van der Waals surface area contributed by atoms with Crippen LogP contribution >= 0.6 is 12.9 Å². The van der Waals surface area contributed by atoms with Crippen molar-refractivity contribution in [2.24, 2.45) is 0 Å². The van der Waals surface area contributed by atoms with Crippen molar-refractivity contribution in [3.8, 4) is 0 Å². The molecule has 0 bridgehead atoms. The van der Waals surface area contributed by atoms with E-state index in [-0.39, 0.29) is 11.1 Å². The molecule has 0 aromatic carbocycles. The van der Waals surface area contributed by atoms with Gasteiger partial charge in [0.25, 0.3) is 0 Å². The molecule has 0 saturated carbocycles. The van der Waals surface area contributed by atoms with Gasteiger partial charge < -0.3 is 0 Å². The minimum atomic E-state index is 0.115. The van der Waals surface area contributed by atoms with E-state index >= 15 is 0 Å². The molecule has 1 rings (SSSR count). The van der Waals surface area contributed by atoms with Gasteiger partial charge in [0.15, 0.2) is 0 Å². The Hall–Kier alpha value is 0.270. The monoisotopic (exact) mass is 189 g/mol. The van der Waals surface area contributed by atoms with Crippen LogP contribution in [-0.2, 0) is 4.28 Å². The van der Waals surface area contributed by atoms with Crippen molar-refractivity contribution in [2.75, 3.05) is 0 Å². The summed E-state index contributed by atoms with van der Waals surface area (Å²) in [6.07, 6.45) is 3.63. The number of hydrogen-bond donors (Lipinski definition) is 1. The Labute approximate surface area is 80.8 Å². The lowest BCUT2D eigenvalue weighted by Crippen LogP contribution is -2.57. The van der Waals surface area contributed by atoms with Gasteiger partial charge in [0.1, 0.15) is 0 Å². The maximum atomic E-state index is 5.15. The zero-order valence-corrected chi connectivity index (χ0v) is 9.32. The first-order valence-electron chi connectivity index (χ1n) is 4.52. The maximum Gasteiger partial charge on any atom is 0.0424 e. The molecule has 0 amide bonds. The minimum Gasteiger partial charge on any atom is -0.231 e. The van der Waals surface area contributed by atoms with E-state index in [0.717, 1.165) is 0 Å². The standard InChI is InChI=1S/C9H19NOS/c1-8(2)6-5-7-9(3,4)10(8)11-12/h12H,5-7H2,1-4H3. The molecule has 0 spiro atoms. The quantitative estimate of drug-likeness (QED) is 0.503. The van der Waals surface area contributed by atoms with Crippen molar-refractivity contribution in [1.29, 1.82) is 0 Å². The van der Waals surface area contributed by atoms with Crippen molar-refractivity contribution in [2.45, 2.75) is 58.0 Å². The Morgan fingerprint density at radius 3 is 1.75 bits per heavy atom. The van der Waals surface area contributed by atoms with Crippen LogP contribution in [0.3, 0.4) is 0 Å². The van der Waals surface area contributed by atoms with E-state index in [1.54, 1.807) is 0 Å². The number of thiol groups is 1. The lowest BCUT2D eigenvalue weighted by Gasteiger charge is -2.49. The van der Waals surface area contributed by atoms with Crippen molar-refractivity contribution in [3.05, 3.63) is 0 Å². The Balaban J connectivity index is 2.81. The fraction of sp³-hybridized carbons (Fsp3) is 1.00. The highest BCUT2D eigenvalue weighted by Gasteiger charge is 2.42. The summed E-state index contributed by atoms with van der Waals surface area (Å²) in [5, 5.41) is 2.01. The Morgan fingerprint density at radius 1 is 1.08 bits per heavy atom. The zero-order valence-electron chi connectivity index (χ0n) is 8.42. The molecule has 0 aromatic rings. The average molecular weight is 189 g/mol. The summed E-state index contributed by atoms with van der Waals surface area (Å²) >= 11 is 3.92. The van der Waals surface area contributed by atoms with Crippen LogP contribution in [0.2, 0.25) is 0 Å². The molecular formula is C9H19NOS. The number of rotatable bonds is 1. The molecule has 0 aromatic heterocycles. The number of piperidine rings is 1. The molecule has 0 radical (unpaired) electrons. The first-order chi connectivity index (χ1) is 5.40. The van der Waals surface area contributed by atoms with Crippen LogP contribution in [0.1, 0.15) is 47.0 Å². The van der Waals surface area contributed by atoms with E-state index in [0.29, 0.717) is 0 Å². The summed E-state index contributed by atoms with van der Waals surface area (Å²) < 4.78 is 5.15. The van der Waals surface area contributed by atoms with Gasteiger partial charge in [-0.05, 0) is 59.9 Å². The topological polar surface area (TPSA) is 12.5 Å². The summed E-state index contributed by atoms with van der Waals surface area (Å²) in [6.45, 7) is 8.79. The van der Waals surface area contributed by atoms with Crippen LogP contribution in [0.25, 0.3) is 0 Å². The molecule has 1 saturated heterocycles. The SMILES string of the molecule is CC1(C)CCCC(C)(C)N1OS. The second-order valence-corrected chi connectivity index (χ2v) is 5.02. The molecule has 72 valence electrons. The van der Waals surface area contributed by atoms with Gasteiger partial charge >= 0.3 is 0 Å². The van der Waals surface area contributed by atoms with Crippen LogP contribution < -0.4 is 0 Å². The minimum absolute atomic E-state index is 0.115. The molecule has 0 aliphatic carbocycles. The molecule has 0 N–H and O–H groups in total. The fourth-order valence-electron chi connectivity index (χ4n) is 2.20. The van der Waals surface area contributed by atoms with E-state index in [4.69, 9.17) is 4.28 Å². The van der Waals surface area contributed by atoms with Crippen molar-refractivity contribution in [3.63, 3.8) is 0 Å². The highest BCUT2D eigenvalue weighted by Crippen LogP contribution is 2.38. The van der Waals surface area contributed by atoms with Crippen molar-refractivity contribution < 1.29 is 4.28 Å². The molecule has 0 unspecified atom stereocenters. The Morgan fingerprint density at radius 2 is 1.50 bits per heavy atom. The molecule has 1 aliphatic rings. The molecule has 1 heterocycles. The van der Waals surface area contributed by atoms with Gasteiger partial charge in [-0.2, -0.15) is 5.06 Å².